The van der Waals surface area contributed by atoms with Gasteiger partial charge in [-0.25, -0.2) is 0 Å². The van der Waals surface area contributed by atoms with Gasteiger partial charge in [-0.15, -0.1) is 0 Å². The Balaban J connectivity index is 3.10. The molecule has 0 aliphatic carbocycles. The maximum Gasteiger partial charge on any atom is 0.123 e. The fourth-order valence-electron chi connectivity index (χ4n) is 2.74. The zero-order valence-electron chi connectivity index (χ0n) is 14.0. The lowest BCUT2D eigenvalue weighted by Gasteiger charge is -2.36. The fourth-order valence-corrected chi connectivity index (χ4v) is 2.74. The summed E-state index contributed by atoms with van der Waals surface area (Å²) in [6, 6.07) is 8.26. The fraction of sp³-hybridized carbons (Fsp3) is 0.647. The largest absolute Gasteiger partial charge is 0.496 e. The summed E-state index contributed by atoms with van der Waals surface area (Å²) >= 11 is 0. The first-order valence-electron chi connectivity index (χ1n) is 7.62. The molecule has 0 bridgehead atoms. The van der Waals surface area contributed by atoms with Gasteiger partial charge in [0, 0.05) is 31.8 Å². The molecule has 0 spiro atoms. The van der Waals surface area contributed by atoms with Gasteiger partial charge in [-0.2, -0.15) is 0 Å². The van der Waals surface area contributed by atoms with Crippen molar-refractivity contribution in [2.24, 2.45) is 11.7 Å². The molecular formula is C17H30N2O2. The van der Waals surface area contributed by atoms with Gasteiger partial charge in [-0.05, 0) is 18.9 Å². The van der Waals surface area contributed by atoms with Crippen molar-refractivity contribution < 1.29 is 9.47 Å². The van der Waals surface area contributed by atoms with Gasteiger partial charge in [-0.1, -0.05) is 32.0 Å². The molecule has 2 unspecified atom stereocenters. The SMILES string of the molecule is COCCN(CC(C)C)C(c1ccccc1OC)C(C)N. The summed E-state index contributed by atoms with van der Waals surface area (Å²) < 4.78 is 10.8. The molecule has 0 amide bonds. The second-order valence-electron chi connectivity index (χ2n) is 5.93. The number of nitrogens with two attached hydrogens (primary N) is 1. The van der Waals surface area contributed by atoms with Gasteiger partial charge in [0.15, 0.2) is 0 Å². The summed E-state index contributed by atoms with van der Waals surface area (Å²) in [6.07, 6.45) is 0. The molecule has 0 aliphatic heterocycles. The lowest BCUT2D eigenvalue weighted by Crippen LogP contribution is -2.43. The predicted molar refractivity (Wildman–Crippen MR) is 87.7 cm³/mol. The molecule has 21 heavy (non-hydrogen) atoms. The van der Waals surface area contributed by atoms with E-state index >= 15 is 0 Å². The third kappa shape index (κ3) is 5.30. The van der Waals surface area contributed by atoms with Gasteiger partial charge in [-0.3, -0.25) is 4.90 Å². The Bertz CT molecular complexity index is 408. The van der Waals surface area contributed by atoms with Gasteiger partial charge in [0.05, 0.1) is 19.8 Å². The molecule has 0 fully saturated rings. The Kier molecular flexibility index (Phi) is 7.72. The Hall–Kier alpha value is -1.10. The Labute approximate surface area is 129 Å². The van der Waals surface area contributed by atoms with Crippen LogP contribution in [0.2, 0.25) is 0 Å². The molecule has 120 valence electrons. The number of ether oxygens (including phenoxy) is 2. The normalized spacial score (nSPS) is 14.5. The quantitative estimate of drug-likeness (QED) is 0.760. The molecular weight excluding hydrogens is 264 g/mol. The number of nitrogens with zero attached hydrogens (tertiary/aromatic N) is 1. The summed E-state index contributed by atoms with van der Waals surface area (Å²) in [7, 11) is 3.44. The van der Waals surface area contributed by atoms with Crippen LogP contribution in [-0.4, -0.2) is 44.9 Å². The van der Waals surface area contributed by atoms with E-state index in [1.807, 2.05) is 18.2 Å². The van der Waals surface area contributed by atoms with Gasteiger partial charge in [0.2, 0.25) is 0 Å². The monoisotopic (exact) mass is 294 g/mol. The number of hydrogen-bond donors (Lipinski definition) is 1. The van der Waals surface area contributed by atoms with Crippen LogP contribution < -0.4 is 10.5 Å². The number of benzene rings is 1. The van der Waals surface area contributed by atoms with Crippen LogP contribution in [0.15, 0.2) is 24.3 Å². The topological polar surface area (TPSA) is 47.7 Å². The second-order valence-corrected chi connectivity index (χ2v) is 5.93. The van der Waals surface area contributed by atoms with Crippen molar-refractivity contribution in [3.63, 3.8) is 0 Å². The Morgan fingerprint density at radius 3 is 2.33 bits per heavy atom. The highest BCUT2D eigenvalue weighted by Gasteiger charge is 2.26. The molecule has 0 saturated heterocycles. The van der Waals surface area contributed by atoms with Gasteiger partial charge >= 0.3 is 0 Å². The van der Waals surface area contributed by atoms with Gasteiger partial charge in [0.1, 0.15) is 5.75 Å². The van der Waals surface area contributed by atoms with Crippen LogP contribution >= 0.6 is 0 Å². The van der Waals surface area contributed by atoms with E-state index in [0.29, 0.717) is 12.5 Å². The molecule has 1 aromatic carbocycles. The van der Waals surface area contributed by atoms with Crippen LogP contribution in [0.4, 0.5) is 0 Å². The van der Waals surface area contributed by atoms with Crippen molar-refractivity contribution in [3.05, 3.63) is 29.8 Å². The zero-order chi connectivity index (χ0) is 15.8. The molecule has 1 aromatic rings. The van der Waals surface area contributed by atoms with E-state index in [1.54, 1.807) is 14.2 Å². The van der Waals surface area contributed by atoms with Crippen molar-refractivity contribution in [2.45, 2.75) is 32.9 Å². The first-order valence-corrected chi connectivity index (χ1v) is 7.62. The minimum atomic E-state index is 0.0110. The van der Waals surface area contributed by atoms with Crippen molar-refractivity contribution >= 4 is 0 Å². The molecule has 0 radical (unpaired) electrons. The van der Waals surface area contributed by atoms with E-state index in [0.717, 1.165) is 24.4 Å². The van der Waals surface area contributed by atoms with E-state index < -0.39 is 0 Å². The van der Waals surface area contributed by atoms with Crippen LogP contribution in [0.1, 0.15) is 32.4 Å². The predicted octanol–water partition coefficient (Wildman–Crippen LogP) is 2.69. The second kappa shape index (κ2) is 9.03. The van der Waals surface area contributed by atoms with Crippen molar-refractivity contribution in [1.29, 1.82) is 0 Å². The van der Waals surface area contributed by atoms with Crippen molar-refractivity contribution in [1.82, 2.24) is 4.90 Å². The molecule has 4 nitrogen and oxygen atoms in total. The molecule has 2 atom stereocenters. The van der Waals surface area contributed by atoms with Crippen LogP contribution in [-0.2, 0) is 4.74 Å². The third-order valence-corrected chi connectivity index (χ3v) is 3.53. The average Bonchev–Trinajstić information content (AvgIpc) is 2.44. The van der Waals surface area contributed by atoms with Gasteiger partial charge in [0.25, 0.3) is 0 Å². The highest BCUT2D eigenvalue weighted by molar-refractivity contribution is 5.36. The lowest BCUT2D eigenvalue weighted by atomic mass is 9.97. The maximum absolute atomic E-state index is 6.30. The zero-order valence-corrected chi connectivity index (χ0v) is 14.0. The van der Waals surface area contributed by atoms with E-state index in [4.69, 9.17) is 15.2 Å². The maximum atomic E-state index is 6.30. The molecule has 0 heterocycles. The Morgan fingerprint density at radius 2 is 1.81 bits per heavy atom. The minimum Gasteiger partial charge on any atom is -0.496 e. The average molecular weight is 294 g/mol. The van der Waals surface area contributed by atoms with E-state index in [-0.39, 0.29) is 12.1 Å². The number of rotatable bonds is 9. The van der Waals surface area contributed by atoms with Crippen molar-refractivity contribution in [2.75, 3.05) is 33.9 Å². The molecule has 4 heteroatoms. The highest BCUT2D eigenvalue weighted by Crippen LogP contribution is 2.31. The summed E-state index contributed by atoms with van der Waals surface area (Å²) in [5, 5.41) is 0. The number of para-hydroxylation sites is 1. The summed E-state index contributed by atoms with van der Waals surface area (Å²) in [5.74, 6) is 1.46. The highest BCUT2D eigenvalue weighted by atomic mass is 16.5. The number of methoxy groups -OCH3 is 2. The first-order chi connectivity index (χ1) is 10.0. The lowest BCUT2D eigenvalue weighted by molar-refractivity contribution is 0.0995. The van der Waals surface area contributed by atoms with Crippen LogP contribution in [0, 0.1) is 5.92 Å². The molecule has 2 N–H and O–H groups in total. The van der Waals surface area contributed by atoms with E-state index in [1.165, 1.54) is 0 Å². The van der Waals surface area contributed by atoms with Gasteiger partial charge < -0.3 is 15.2 Å². The number of hydrogen-bond acceptors (Lipinski definition) is 4. The standard InChI is InChI=1S/C17H30N2O2/c1-13(2)12-19(10-11-20-4)17(14(3)18)15-8-6-7-9-16(15)21-5/h6-9,13-14,17H,10-12,18H2,1-5H3. The molecule has 0 aliphatic rings. The molecule has 0 saturated carbocycles. The molecule has 1 rings (SSSR count). The van der Waals surface area contributed by atoms with E-state index in [2.05, 4.69) is 31.7 Å². The third-order valence-electron chi connectivity index (χ3n) is 3.53. The van der Waals surface area contributed by atoms with Crippen LogP contribution in [0.5, 0.6) is 5.75 Å². The first kappa shape index (κ1) is 18.0. The van der Waals surface area contributed by atoms with Crippen LogP contribution in [0.3, 0.4) is 0 Å². The molecule has 0 aromatic heterocycles. The summed E-state index contributed by atoms with van der Waals surface area (Å²) in [6.45, 7) is 9.04. The smallest absolute Gasteiger partial charge is 0.123 e. The minimum absolute atomic E-state index is 0.0110. The van der Waals surface area contributed by atoms with E-state index in [9.17, 15) is 0 Å². The van der Waals surface area contributed by atoms with Crippen LogP contribution in [0.25, 0.3) is 0 Å². The van der Waals surface area contributed by atoms with Crippen molar-refractivity contribution in [3.8, 4) is 5.75 Å². The summed E-state index contributed by atoms with van der Waals surface area (Å²) in [5.41, 5.74) is 7.45. The Morgan fingerprint density at radius 1 is 1.14 bits per heavy atom. The summed E-state index contributed by atoms with van der Waals surface area (Å²) in [4.78, 5) is 2.40.